The van der Waals surface area contributed by atoms with Gasteiger partial charge in [0.1, 0.15) is 5.75 Å². The SMILES string of the molecule is CCOc1cc2c(cc1B(O)O)C(C)=CCC2(C)C. The zero-order chi connectivity index (χ0) is 14.2. The van der Waals surface area contributed by atoms with Crippen LogP contribution in [0.3, 0.4) is 0 Å². The fraction of sp³-hybridized carbons (Fsp3) is 0.467. The highest BCUT2D eigenvalue weighted by Crippen LogP contribution is 2.39. The number of allylic oxidation sites excluding steroid dienone is 2. The Balaban J connectivity index is 2.64. The maximum atomic E-state index is 9.51. The molecule has 0 heterocycles. The summed E-state index contributed by atoms with van der Waals surface area (Å²) in [5.41, 5.74) is 3.95. The van der Waals surface area contributed by atoms with Crippen molar-refractivity contribution >= 4 is 18.2 Å². The minimum Gasteiger partial charge on any atom is -0.494 e. The van der Waals surface area contributed by atoms with Gasteiger partial charge >= 0.3 is 7.12 Å². The van der Waals surface area contributed by atoms with Crippen LogP contribution in [-0.4, -0.2) is 23.8 Å². The molecule has 0 radical (unpaired) electrons. The molecule has 19 heavy (non-hydrogen) atoms. The summed E-state index contributed by atoms with van der Waals surface area (Å²) >= 11 is 0. The molecular weight excluding hydrogens is 239 g/mol. The van der Waals surface area contributed by atoms with Crippen LogP contribution in [0.5, 0.6) is 5.75 Å². The van der Waals surface area contributed by atoms with Crippen molar-refractivity contribution in [2.24, 2.45) is 0 Å². The van der Waals surface area contributed by atoms with E-state index in [0.29, 0.717) is 17.8 Å². The van der Waals surface area contributed by atoms with E-state index in [0.717, 1.165) is 12.0 Å². The quantitative estimate of drug-likeness (QED) is 0.815. The Hall–Kier alpha value is -1.26. The molecule has 2 rings (SSSR count). The van der Waals surface area contributed by atoms with E-state index in [1.807, 2.05) is 19.1 Å². The van der Waals surface area contributed by atoms with Gasteiger partial charge in [0.05, 0.1) is 6.61 Å². The van der Waals surface area contributed by atoms with E-state index >= 15 is 0 Å². The molecule has 4 heteroatoms. The minimum atomic E-state index is -1.51. The maximum absolute atomic E-state index is 9.51. The molecular formula is C15H21BO3. The summed E-state index contributed by atoms with van der Waals surface area (Å²) in [5.74, 6) is 0.569. The first-order chi connectivity index (χ1) is 8.86. The van der Waals surface area contributed by atoms with Gasteiger partial charge in [0, 0.05) is 5.46 Å². The van der Waals surface area contributed by atoms with Crippen LogP contribution >= 0.6 is 0 Å². The van der Waals surface area contributed by atoms with E-state index in [-0.39, 0.29) is 5.41 Å². The molecule has 3 nitrogen and oxygen atoms in total. The van der Waals surface area contributed by atoms with Crippen molar-refractivity contribution in [2.45, 2.75) is 39.5 Å². The van der Waals surface area contributed by atoms with Gasteiger partial charge in [-0.3, -0.25) is 0 Å². The fourth-order valence-corrected chi connectivity index (χ4v) is 2.59. The van der Waals surface area contributed by atoms with E-state index in [2.05, 4.69) is 26.8 Å². The first-order valence-electron chi connectivity index (χ1n) is 6.71. The lowest BCUT2D eigenvalue weighted by atomic mass is 9.69. The van der Waals surface area contributed by atoms with Gasteiger partial charge in [-0.05, 0) is 48.4 Å². The summed E-state index contributed by atoms with van der Waals surface area (Å²) < 4.78 is 5.55. The first kappa shape index (κ1) is 14.2. The van der Waals surface area contributed by atoms with Gasteiger partial charge in [-0.1, -0.05) is 26.0 Å². The molecule has 0 aromatic heterocycles. The summed E-state index contributed by atoms with van der Waals surface area (Å²) in [6.07, 6.45) is 3.19. The lowest BCUT2D eigenvalue weighted by Crippen LogP contribution is -2.34. The highest BCUT2D eigenvalue weighted by molar-refractivity contribution is 6.59. The Kier molecular flexibility index (Phi) is 3.74. The monoisotopic (exact) mass is 260 g/mol. The highest BCUT2D eigenvalue weighted by Gasteiger charge is 2.30. The second-order valence-corrected chi connectivity index (χ2v) is 5.72. The molecule has 1 aliphatic carbocycles. The van der Waals surface area contributed by atoms with Crippen LogP contribution in [0.4, 0.5) is 0 Å². The average Bonchev–Trinajstić information content (AvgIpc) is 2.34. The van der Waals surface area contributed by atoms with Gasteiger partial charge in [0.15, 0.2) is 0 Å². The molecule has 1 aromatic carbocycles. The normalized spacial score (nSPS) is 16.6. The smallest absolute Gasteiger partial charge is 0.492 e. The van der Waals surface area contributed by atoms with Gasteiger partial charge < -0.3 is 14.8 Å². The van der Waals surface area contributed by atoms with Crippen LogP contribution in [0.2, 0.25) is 0 Å². The molecule has 0 spiro atoms. The average molecular weight is 260 g/mol. The molecule has 102 valence electrons. The predicted octanol–water partition coefficient (Wildman–Crippen LogP) is 1.85. The van der Waals surface area contributed by atoms with Gasteiger partial charge in [0.2, 0.25) is 0 Å². The van der Waals surface area contributed by atoms with Crippen LogP contribution in [-0.2, 0) is 5.41 Å². The summed E-state index contributed by atoms with van der Waals surface area (Å²) in [7, 11) is -1.51. The molecule has 1 aromatic rings. The number of hydrogen-bond acceptors (Lipinski definition) is 3. The van der Waals surface area contributed by atoms with Crippen molar-refractivity contribution in [1.82, 2.24) is 0 Å². The van der Waals surface area contributed by atoms with Crippen molar-refractivity contribution in [2.75, 3.05) is 6.61 Å². The third-order valence-corrected chi connectivity index (χ3v) is 3.80. The molecule has 0 amide bonds. The van der Waals surface area contributed by atoms with Gasteiger partial charge in [-0.15, -0.1) is 0 Å². The standard InChI is InChI=1S/C15H21BO3/c1-5-19-14-9-12-11(8-13(14)16(17)18)10(2)6-7-15(12,3)4/h6,8-9,17-18H,5,7H2,1-4H3. The van der Waals surface area contributed by atoms with E-state index in [1.54, 1.807) is 0 Å². The number of rotatable bonds is 3. The number of hydrogen-bond donors (Lipinski definition) is 2. The Morgan fingerprint density at radius 1 is 1.32 bits per heavy atom. The molecule has 0 bridgehead atoms. The summed E-state index contributed by atoms with van der Waals surface area (Å²) in [5, 5.41) is 19.0. The first-order valence-corrected chi connectivity index (χ1v) is 6.71. The van der Waals surface area contributed by atoms with Crippen LogP contribution < -0.4 is 10.2 Å². The van der Waals surface area contributed by atoms with E-state index in [4.69, 9.17) is 4.74 Å². The van der Waals surface area contributed by atoms with E-state index < -0.39 is 7.12 Å². The molecule has 2 N–H and O–H groups in total. The predicted molar refractivity (Wildman–Crippen MR) is 78.7 cm³/mol. The zero-order valence-electron chi connectivity index (χ0n) is 12.0. The van der Waals surface area contributed by atoms with Crippen LogP contribution in [0.1, 0.15) is 45.2 Å². The number of ether oxygens (including phenoxy) is 1. The van der Waals surface area contributed by atoms with Crippen LogP contribution in [0, 0.1) is 0 Å². The molecule has 0 atom stereocenters. The molecule has 0 aliphatic heterocycles. The van der Waals surface area contributed by atoms with Crippen molar-refractivity contribution in [3.8, 4) is 5.75 Å². The van der Waals surface area contributed by atoms with Crippen LogP contribution in [0.25, 0.3) is 5.57 Å². The Labute approximate surface area is 115 Å². The second-order valence-electron chi connectivity index (χ2n) is 5.72. The van der Waals surface area contributed by atoms with Gasteiger partial charge in [0.25, 0.3) is 0 Å². The Morgan fingerprint density at radius 2 is 2.00 bits per heavy atom. The lowest BCUT2D eigenvalue weighted by molar-refractivity contribution is 0.338. The van der Waals surface area contributed by atoms with Crippen molar-refractivity contribution < 1.29 is 14.8 Å². The van der Waals surface area contributed by atoms with Crippen molar-refractivity contribution in [3.05, 3.63) is 29.3 Å². The molecule has 1 aliphatic rings. The van der Waals surface area contributed by atoms with Crippen molar-refractivity contribution in [1.29, 1.82) is 0 Å². The molecule has 0 saturated heterocycles. The topological polar surface area (TPSA) is 49.7 Å². The third-order valence-electron chi connectivity index (χ3n) is 3.80. The molecule has 0 saturated carbocycles. The lowest BCUT2D eigenvalue weighted by Gasteiger charge is -2.32. The molecule has 0 unspecified atom stereocenters. The highest BCUT2D eigenvalue weighted by atomic mass is 16.5. The summed E-state index contributed by atoms with van der Waals surface area (Å²) in [6, 6.07) is 3.81. The zero-order valence-corrected chi connectivity index (χ0v) is 12.0. The fourth-order valence-electron chi connectivity index (χ4n) is 2.59. The second kappa shape index (κ2) is 5.02. The van der Waals surface area contributed by atoms with Gasteiger partial charge in [-0.2, -0.15) is 0 Å². The van der Waals surface area contributed by atoms with E-state index in [9.17, 15) is 10.0 Å². The van der Waals surface area contributed by atoms with Crippen molar-refractivity contribution in [3.63, 3.8) is 0 Å². The van der Waals surface area contributed by atoms with E-state index in [1.165, 1.54) is 11.1 Å². The number of fused-ring (bicyclic) bond motifs is 1. The Bertz CT molecular complexity index is 518. The largest absolute Gasteiger partial charge is 0.494 e. The summed E-state index contributed by atoms with van der Waals surface area (Å²) in [4.78, 5) is 0. The van der Waals surface area contributed by atoms with Gasteiger partial charge in [-0.25, -0.2) is 0 Å². The summed E-state index contributed by atoms with van der Waals surface area (Å²) in [6.45, 7) is 8.85. The minimum absolute atomic E-state index is 0.0413. The third kappa shape index (κ3) is 2.56. The van der Waals surface area contributed by atoms with Crippen LogP contribution in [0.15, 0.2) is 18.2 Å². The molecule has 0 fully saturated rings. The maximum Gasteiger partial charge on any atom is 0.492 e. The number of benzene rings is 1. The Morgan fingerprint density at radius 3 is 2.58 bits per heavy atom.